The van der Waals surface area contributed by atoms with Crippen molar-refractivity contribution < 1.29 is 0 Å². The monoisotopic (exact) mass is 714 g/mol. The van der Waals surface area contributed by atoms with Crippen LogP contribution in [-0.2, 0) is 0 Å². The molecule has 0 atom stereocenters. The number of aromatic nitrogens is 2. The second kappa shape index (κ2) is 13.0. The molecule has 8 aromatic carbocycles. The number of nitrogens with zero attached hydrogens (tertiary/aromatic N) is 4. The molecule has 0 saturated heterocycles. The molecule has 0 spiro atoms. The predicted molar refractivity (Wildman–Crippen MR) is 232 cm³/mol. The molecule has 0 amide bonds. The summed E-state index contributed by atoms with van der Waals surface area (Å²) in [5.41, 5.74) is 15.9. The number of hydrogen-bond acceptors (Lipinski definition) is 1. The van der Waals surface area contributed by atoms with E-state index < -0.39 is 0 Å². The van der Waals surface area contributed by atoms with Gasteiger partial charge in [0.05, 0.1) is 40.3 Å². The van der Waals surface area contributed by atoms with Crippen molar-refractivity contribution in [3.05, 3.63) is 198 Å². The second-order valence-electron chi connectivity index (χ2n) is 14.5. The number of para-hydroxylation sites is 2. The summed E-state index contributed by atoms with van der Waals surface area (Å²) in [5, 5.41) is 15.1. The molecule has 262 valence electrons. The third-order valence-corrected chi connectivity index (χ3v) is 11.3. The van der Waals surface area contributed by atoms with Crippen molar-refractivity contribution in [1.82, 2.24) is 9.13 Å². The Morgan fingerprint density at radius 1 is 0.446 bits per heavy atom. The normalized spacial score (nSPS) is 11.4. The zero-order valence-corrected chi connectivity index (χ0v) is 31.0. The summed E-state index contributed by atoms with van der Waals surface area (Å²) in [6, 6.07) is 61.7. The quantitative estimate of drug-likeness (QED) is 0.164. The summed E-state index contributed by atoms with van der Waals surface area (Å²) < 4.78 is 4.55. The average molecular weight is 715 g/mol. The second-order valence-corrected chi connectivity index (χ2v) is 14.5. The highest BCUT2D eigenvalue weighted by Crippen LogP contribution is 2.41. The Hall–Kier alpha value is -7.66. The van der Waals surface area contributed by atoms with Crippen LogP contribution in [0.15, 0.2) is 170 Å². The predicted octanol–water partition coefficient (Wildman–Crippen LogP) is 13.9. The molecule has 10 aromatic rings. The van der Waals surface area contributed by atoms with E-state index in [0.29, 0.717) is 11.3 Å². The number of benzene rings is 8. The summed E-state index contributed by atoms with van der Waals surface area (Å²) in [5.74, 6) is 0. The highest BCUT2D eigenvalue weighted by molar-refractivity contribution is 6.12. The molecular formula is C52H34N4. The Labute approximate surface area is 325 Å². The Morgan fingerprint density at radius 2 is 0.911 bits per heavy atom. The molecule has 10 rings (SSSR count). The minimum absolute atomic E-state index is 0.495. The van der Waals surface area contributed by atoms with E-state index in [4.69, 9.17) is 6.57 Å². The van der Waals surface area contributed by atoms with Gasteiger partial charge >= 0.3 is 0 Å². The van der Waals surface area contributed by atoms with Crippen molar-refractivity contribution in [3.8, 4) is 50.8 Å². The lowest BCUT2D eigenvalue weighted by atomic mass is 9.97. The lowest BCUT2D eigenvalue weighted by Crippen LogP contribution is -1.98. The maximum atomic E-state index is 10.5. The van der Waals surface area contributed by atoms with Gasteiger partial charge in [-0.3, -0.25) is 0 Å². The van der Waals surface area contributed by atoms with E-state index >= 15 is 0 Å². The molecular weight excluding hydrogens is 681 g/mol. The molecule has 0 N–H and O–H groups in total. The maximum absolute atomic E-state index is 10.5. The number of hydrogen-bond donors (Lipinski definition) is 0. The van der Waals surface area contributed by atoms with Gasteiger partial charge in [-0.05, 0) is 125 Å². The zero-order valence-electron chi connectivity index (χ0n) is 31.0. The molecule has 0 aliphatic heterocycles. The molecule has 0 saturated carbocycles. The Kier molecular flexibility index (Phi) is 7.66. The first-order valence-corrected chi connectivity index (χ1v) is 18.8. The van der Waals surface area contributed by atoms with E-state index in [1.807, 2.05) is 24.3 Å². The third-order valence-electron chi connectivity index (χ3n) is 11.3. The van der Waals surface area contributed by atoms with Gasteiger partial charge in [-0.2, -0.15) is 5.26 Å². The van der Waals surface area contributed by atoms with E-state index in [1.54, 1.807) is 0 Å². The minimum atomic E-state index is 0.495. The fraction of sp³-hybridized carbons (Fsp3) is 0.0385. The van der Waals surface area contributed by atoms with Crippen molar-refractivity contribution in [3.63, 3.8) is 0 Å². The van der Waals surface area contributed by atoms with Crippen LogP contribution in [0.1, 0.15) is 16.7 Å². The van der Waals surface area contributed by atoms with Crippen LogP contribution >= 0.6 is 0 Å². The van der Waals surface area contributed by atoms with E-state index in [2.05, 4.69) is 179 Å². The molecule has 2 aromatic heterocycles. The molecule has 2 heterocycles. The first kappa shape index (κ1) is 32.9. The highest BCUT2D eigenvalue weighted by atomic mass is 15.0. The number of aryl methyl sites for hydroxylation is 2. The van der Waals surface area contributed by atoms with Crippen molar-refractivity contribution in [2.24, 2.45) is 0 Å². The topological polar surface area (TPSA) is 38.0 Å². The zero-order chi connectivity index (χ0) is 37.9. The van der Waals surface area contributed by atoms with E-state index in [0.717, 1.165) is 66.1 Å². The summed E-state index contributed by atoms with van der Waals surface area (Å²) in [6.07, 6.45) is 0. The molecule has 0 aliphatic carbocycles. The van der Waals surface area contributed by atoms with Gasteiger partial charge in [0.15, 0.2) is 5.69 Å². The van der Waals surface area contributed by atoms with Crippen molar-refractivity contribution in [1.29, 1.82) is 5.26 Å². The van der Waals surface area contributed by atoms with Gasteiger partial charge in [-0.25, -0.2) is 4.85 Å². The molecule has 0 aliphatic rings. The van der Waals surface area contributed by atoms with Crippen molar-refractivity contribution in [2.45, 2.75) is 13.8 Å². The van der Waals surface area contributed by atoms with Gasteiger partial charge in [-0.15, -0.1) is 0 Å². The van der Waals surface area contributed by atoms with E-state index in [-0.39, 0.29) is 0 Å². The van der Waals surface area contributed by atoms with Crippen molar-refractivity contribution >= 4 is 49.3 Å². The van der Waals surface area contributed by atoms with Gasteiger partial charge in [0, 0.05) is 32.9 Å². The molecule has 0 radical (unpaired) electrons. The van der Waals surface area contributed by atoms with Crippen LogP contribution in [0.3, 0.4) is 0 Å². The van der Waals surface area contributed by atoms with Crippen LogP contribution in [0.4, 0.5) is 5.69 Å². The fourth-order valence-electron chi connectivity index (χ4n) is 8.60. The van der Waals surface area contributed by atoms with Gasteiger partial charge in [0.25, 0.3) is 0 Å². The number of nitriles is 1. The van der Waals surface area contributed by atoms with Crippen molar-refractivity contribution in [2.75, 3.05) is 0 Å². The molecule has 0 fully saturated rings. The van der Waals surface area contributed by atoms with Crippen LogP contribution in [0.2, 0.25) is 0 Å². The number of rotatable bonds is 5. The van der Waals surface area contributed by atoms with E-state index in [1.165, 1.54) is 33.4 Å². The highest BCUT2D eigenvalue weighted by Gasteiger charge is 2.19. The van der Waals surface area contributed by atoms with Gasteiger partial charge in [0.1, 0.15) is 0 Å². The maximum Gasteiger partial charge on any atom is 0.195 e. The summed E-state index contributed by atoms with van der Waals surface area (Å²) in [6.45, 7) is 12.5. The molecule has 0 bridgehead atoms. The van der Waals surface area contributed by atoms with E-state index in [9.17, 15) is 5.26 Å². The molecule has 0 unspecified atom stereocenters. The van der Waals surface area contributed by atoms with Gasteiger partial charge in [0.2, 0.25) is 0 Å². The van der Waals surface area contributed by atoms with Crippen LogP contribution in [0.25, 0.3) is 93.2 Å². The molecule has 4 heteroatoms. The summed E-state index contributed by atoms with van der Waals surface area (Å²) in [4.78, 5) is 3.99. The molecule has 4 nitrogen and oxygen atoms in total. The lowest BCUT2D eigenvalue weighted by Gasteiger charge is -2.15. The third kappa shape index (κ3) is 5.12. The van der Waals surface area contributed by atoms with Crippen LogP contribution in [0.5, 0.6) is 0 Å². The smallest absolute Gasteiger partial charge is 0.195 e. The number of fused-ring (bicyclic) bond motifs is 6. The lowest BCUT2D eigenvalue weighted by molar-refractivity contribution is 1.17. The minimum Gasteiger partial charge on any atom is -0.309 e. The van der Waals surface area contributed by atoms with Crippen LogP contribution < -0.4 is 0 Å². The Balaban J connectivity index is 1.17. The summed E-state index contributed by atoms with van der Waals surface area (Å²) >= 11 is 0. The van der Waals surface area contributed by atoms with Crippen LogP contribution in [0, 0.1) is 31.8 Å². The van der Waals surface area contributed by atoms with Crippen LogP contribution in [-0.4, -0.2) is 9.13 Å². The summed E-state index contributed by atoms with van der Waals surface area (Å²) in [7, 11) is 0. The fourth-order valence-corrected chi connectivity index (χ4v) is 8.60. The average Bonchev–Trinajstić information content (AvgIpc) is 3.76. The van der Waals surface area contributed by atoms with Gasteiger partial charge < -0.3 is 9.13 Å². The Bertz CT molecular complexity index is 3080. The largest absolute Gasteiger partial charge is 0.309 e. The van der Waals surface area contributed by atoms with Gasteiger partial charge in [-0.1, -0.05) is 103 Å². The molecule has 56 heavy (non-hydrogen) atoms. The Morgan fingerprint density at radius 3 is 1.43 bits per heavy atom. The first-order chi connectivity index (χ1) is 27.5. The standard InChI is InChI=1S/C52H34N4/c1-33-12-4-6-14-40(33)35-21-26-51-46(28-35)42-16-8-10-18-49(42)55(51)38-23-20-37(32-53)44(30-38)45-31-39(24-25-48(45)54-3)56-50-19-11-9-17-43(50)47-29-36(22-27-52(47)56)41-15-7-5-13-34(41)2/h4-31H,1-2H3. The first-order valence-electron chi connectivity index (χ1n) is 18.8. The SMILES string of the molecule is [C-]#[N+]c1ccc(-n2c3ccccc3c3cc(-c4ccccc4C)ccc32)cc1-c1cc(-n2c3ccccc3c3cc(-c4ccccc4C)ccc32)ccc1C#N.